The summed E-state index contributed by atoms with van der Waals surface area (Å²) < 4.78 is 10.9. The molecule has 1 aromatic rings. The van der Waals surface area contributed by atoms with Crippen molar-refractivity contribution < 1.29 is 14.4 Å². The number of nitrogens with one attached hydrogen (secondary N) is 1. The Labute approximate surface area is 118 Å². The molecule has 0 aliphatic carbocycles. The van der Waals surface area contributed by atoms with E-state index in [2.05, 4.69) is 5.32 Å². The number of nitrogens with zero attached hydrogens (tertiary/aromatic N) is 1. The zero-order chi connectivity index (χ0) is 14.4. The highest BCUT2D eigenvalue weighted by molar-refractivity contribution is 5.50. The minimum atomic E-state index is -0.445. The number of benzene rings is 1. The first-order valence-corrected chi connectivity index (χ1v) is 6.95. The Morgan fingerprint density at radius 2 is 2.30 bits per heavy atom. The van der Waals surface area contributed by atoms with Crippen molar-refractivity contribution in [2.24, 2.45) is 5.92 Å². The largest absolute Gasteiger partial charge is 0.493 e. The first kappa shape index (κ1) is 14.6. The molecule has 1 aromatic carbocycles. The summed E-state index contributed by atoms with van der Waals surface area (Å²) >= 11 is 0. The van der Waals surface area contributed by atoms with Gasteiger partial charge in [0.1, 0.15) is 5.75 Å². The zero-order valence-corrected chi connectivity index (χ0v) is 11.6. The van der Waals surface area contributed by atoms with E-state index in [1.54, 1.807) is 19.1 Å². The van der Waals surface area contributed by atoms with Crippen LogP contribution in [0, 0.1) is 16.0 Å². The van der Waals surface area contributed by atoms with E-state index in [0.29, 0.717) is 24.9 Å². The zero-order valence-electron chi connectivity index (χ0n) is 11.6. The van der Waals surface area contributed by atoms with Crippen LogP contribution < -0.4 is 14.8 Å². The van der Waals surface area contributed by atoms with Gasteiger partial charge in [0.05, 0.1) is 18.1 Å². The molecule has 1 unspecified atom stereocenters. The van der Waals surface area contributed by atoms with E-state index in [-0.39, 0.29) is 11.4 Å². The second-order valence-corrected chi connectivity index (χ2v) is 4.82. The average Bonchev–Trinajstić information content (AvgIpc) is 2.92. The molecule has 1 heterocycles. The number of rotatable bonds is 7. The van der Waals surface area contributed by atoms with Gasteiger partial charge in [0.2, 0.25) is 5.75 Å². The highest BCUT2D eigenvalue weighted by atomic mass is 16.6. The molecule has 2 rings (SSSR count). The molecule has 0 amide bonds. The van der Waals surface area contributed by atoms with Gasteiger partial charge in [0.15, 0.2) is 0 Å². The number of nitro benzene ring substituents is 1. The lowest BCUT2D eigenvalue weighted by molar-refractivity contribution is -0.385. The van der Waals surface area contributed by atoms with Crippen LogP contribution >= 0.6 is 0 Å². The van der Waals surface area contributed by atoms with Crippen LogP contribution in [-0.2, 0) is 0 Å². The summed E-state index contributed by atoms with van der Waals surface area (Å²) in [5.41, 5.74) is -0.0285. The van der Waals surface area contributed by atoms with Gasteiger partial charge in [0, 0.05) is 12.1 Å². The first-order valence-electron chi connectivity index (χ1n) is 6.95. The smallest absolute Gasteiger partial charge is 0.311 e. The van der Waals surface area contributed by atoms with Gasteiger partial charge in [-0.2, -0.15) is 0 Å². The molecule has 6 nitrogen and oxygen atoms in total. The number of hydrogen-bond acceptors (Lipinski definition) is 5. The Balaban J connectivity index is 1.93. The van der Waals surface area contributed by atoms with Gasteiger partial charge in [0.25, 0.3) is 0 Å². The Bertz CT molecular complexity index is 458. The Hall–Kier alpha value is -1.82. The molecule has 0 radical (unpaired) electrons. The summed E-state index contributed by atoms with van der Waals surface area (Å²) in [6.07, 6.45) is 2.18. The lowest BCUT2D eigenvalue weighted by Gasteiger charge is -2.11. The van der Waals surface area contributed by atoms with Crippen LogP contribution in [0.15, 0.2) is 18.2 Å². The Morgan fingerprint density at radius 3 is 2.95 bits per heavy atom. The van der Waals surface area contributed by atoms with Crippen molar-refractivity contribution in [3.63, 3.8) is 0 Å². The molecule has 1 aliphatic rings. The van der Waals surface area contributed by atoms with E-state index in [1.807, 2.05) is 0 Å². The van der Waals surface area contributed by atoms with Crippen molar-refractivity contribution in [3.05, 3.63) is 28.3 Å². The topological polar surface area (TPSA) is 73.6 Å². The summed E-state index contributed by atoms with van der Waals surface area (Å²) in [5.74, 6) is 1.54. The SMILES string of the molecule is CCOc1cc(OCCC2CCNC2)ccc1[N+](=O)[O-]. The van der Waals surface area contributed by atoms with Crippen molar-refractivity contribution >= 4 is 5.69 Å². The van der Waals surface area contributed by atoms with Crippen LogP contribution in [0.1, 0.15) is 19.8 Å². The molecule has 1 aliphatic heterocycles. The second-order valence-electron chi connectivity index (χ2n) is 4.82. The standard InChI is InChI=1S/C14H20N2O4/c1-2-19-14-9-12(3-4-13(14)16(17)18)20-8-6-11-5-7-15-10-11/h3-4,9,11,15H,2,5-8,10H2,1H3. The number of hydrogen-bond donors (Lipinski definition) is 1. The molecule has 0 bridgehead atoms. The van der Waals surface area contributed by atoms with Gasteiger partial charge in [-0.3, -0.25) is 10.1 Å². The Kier molecular flexibility index (Phi) is 5.17. The summed E-state index contributed by atoms with van der Waals surface area (Å²) in [5, 5.41) is 14.2. The lowest BCUT2D eigenvalue weighted by atomic mass is 10.1. The molecule has 1 N–H and O–H groups in total. The molecular formula is C14H20N2O4. The fraction of sp³-hybridized carbons (Fsp3) is 0.571. The van der Waals surface area contributed by atoms with Crippen LogP contribution in [0.3, 0.4) is 0 Å². The minimum Gasteiger partial charge on any atom is -0.493 e. The highest BCUT2D eigenvalue weighted by Gasteiger charge is 2.17. The van der Waals surface area contributed by atoms with Gasteiger partial charge in [-0.05, 0) is 44.8 Å². The fourth-order valence-electron chi connectivity index (χ4n) is 2.31. The molecule has 6 heteroatoms. The third-order valence-corrected chi connectivity index (χ3v) is 3.39. The molecule has 0 saturated carbocycles. The van der Waals surface area contributed by atoms with E-state index in [1.165, 1.54) is 12.5 Å². The normalized spacial score (nSPS) is 17.9. The van der Waals surface area contributed by atoms with Crippen LogP contribution in [0.25, 0.3) is 0 Å². The summed E-state index contributed by atoms with van der Waals surface area (Å²) in [7, 11) is 0. The monoisotopic (exact) mass is 280 g/mol. The summed E-state index contributed by atoms with van der Waals surface area (Å²) in [6, 6.07) is 4.64. The van der Waals surface area contributed by atoms with Crippen LogP contribution in [0.5, 0.6) is 11.5 Å². The van der Waals surface area contributed by atoms with Crippen molar-refractivity contribution in [2.45, 2.75) is 19.8 Å². The molecule has 110 valence electrons. The molecule has 1 saturated heterocycles. The van der Waals surface area contributed by atoms with Crippen molar-refractivity contribution in [1.29, 1.82) is 0 Å². The lowest BCUT2D eigenvalue weighted by Crippen LogP contribution is -2.11. The molecular weight excluding hydrogens is 260 g/mol. The number of ether oxygens (including phenoxy) is 2. The Morgan fingerprint density at radius 1 is 1.45 bits per heavy atom. The van der Waals surface area contributed by atoms with Crippen molar-refractivity contribution in [1.82, 2.24) is 5.32 Å². The van der Waals surface area contributed by atoms with Gasteiger partial charge in [-0.1, -0.05) is 0 Å². The molecule has 1 atom stereocenters. The third kappa shape index (κ3) is 3.84. The molecule has 1 fully saturated rings. The molecule has 0 aromatic heterocycles. The molecule has 20 heavy (non-hydrogen) atoms. The predicted octanol–water partition coefficient (Wildman–Crippen LogP) is 2.37. The maximum absolute atomic E-state index is 10.9. The third-order valence-electron chi connectivity index (χ3n) is 3.39. The van der Waals surface area contributed by atoms with Crippen LogP contribution in [0.4, 0.5) is 5.69 Å². The van der Waals surface area contributed by atoms with Gasteiger partial charge < -0.3 is 14.8 Å². The van der Waals surface area contributed by atoms with E-state index in [9.17, 15) is 10.1 Å². The molecule has 0 spiro atoms. The first-order chi connectivity index (χ1) is 9.70. The van der Waals surface area contributed by atoms with Crippen molar-refractivity contribution in [3.8, 4) is 11.5 Å². The average molecular weight is 280 g/mol. The second kappa shape index (κ2) is 7.09. The maximum Gasteiger partial charge on any atom is 0.311 e. The van der Waals surface area contributed by atoms with Gasteiger partial charge in [-0.25, -0.2) is 0 Å². The number of nitro groups is 1. The minimum absolute atomic E-state index is 0.0285. The summed E-state index contributed by atoms with van der Waals surface area (Å²) in [6.45, 7) is 4.93. The van der Waals surface area contributed by atoms with Crippen molar-refractivity contribution in [2.75, 3.05) is 26.3 Å². The van der Waals surface area contributed by atoms with E-state index in [4.69, 9.17) is 9.47 Å². The van der Waals surface area contributed by atoms with Crippen LogP contribution in [-0.4, -0.2) is 31.2 Å². The van der Waals surface area contributed by atoms with E-state index >= 15 is 0 Å². The van der Waals surface area contributed by atoms with Crippen LogP contribution in [0.2, 0.25) is 0 Å². The van der Waals surface area contributed by atoms with Gasteiger partial charge >= 0.3 is 5.69 Å². The maximum atomic E-state index is 10.9. The summed E-state index contributed by atoms with van der Waals surface area (Å²) in [4.78, 5) is 10.4. The fourth-order valence-corrected chi connectivity index (χ4v) is 2.31. The predicted molar refractivity (Wildman–Crippen MR) is 75.4 cm³/mol. The van der Waals surface area contributed by atoms with Gasteiger partial charge in [-0.15, -0.1) is 0 Å². The van der Waals surface area contributed by atoms with E-state index in [0.717, 1.165) is 19.5 Å². The quantitative estimate of drug-likeness (QED) is 0.613. The van der Waals surface area contributed by atoms with E-state index < -0.39 is 4.92 Å². The highest BCUT2D eigenvalue weighted by Crippen LogP contribution is 2.31.